The molecule has 248 valence electrons. The van der Waals surface area contributed by atoms with E-state index in [0.717, 1.165) is 25.5 Å². The molecule has 0 saturated carbocycles. The Hall–Kier alpha value is -4.15. The summed E-state index contributed by atoms with van der Waals surface area (Å²) in [6.45, 7) is 7.76. The molecule has 0 spiro atoms. The Bertz CT molecular complexity index is 1730. The zero-order valence-corrected chi connectivity index (χ0v) is 29.6. The van der Waals surface area contributed by atoms with Crippen molar-refractivity contribution >= 4 is 43.5 Å². The van der Waals surface area contributed by atoms with Crippen LogP contribution in [0.1, 0.15) is 43.9 Å². The van der Waals surface area contributed by atoms with Crippen LogP contribution in [0.5, 0.6) is 5.75 Å². The topological polar surface area (TPSA) is 96.0 Å². The molecule has 2 atom stereocenters. The van der Waals surface area contributed by atoms with Crippen molar-refractivity contribution in [1.82, 2.24) is 10.2 Å². The molecule has 0 bridgehead atoms. The molecule has 0 aliphatic heterocycles. The highest BCUT2D eigenvalue weighted by Crippen LogP contribution is 2.28. The van der Waals surface area contributed by atoms with E-state index in [2.05, 4.69) is 21.2 Å². The van der Waals surface area contributed by atoms with Crippen LogP contribution in [0, 0.1) is 6.92 Å². The SMILES string of the molecule is CCOc1ccc(N(CC(=O)N(Cc2cccc(C)c2)C(Cc2ccccc2)C(=O)NC(C)CC)S(=O)(=O)c2ccc(Br)cc2)cc1. The van der Waals surface area contributed by atoms with Gasteiger partial charge in [-0.15, -0.1) is 0 Å². The molecule has 0 saturated heterocycles. The maximum Gasteiger partial charge on any atom is 0.264 e. The van der Waals surface area contributed by atoms with Crippen LogP contribution in [0.3, 0.4) is 0 Å². The van der Waals surface area contributed by atoms with Gasteiger partial charge in [0.15, 0.2) is 0 Å². The highest BCUT2D eigenvalue weighted by Gasteiger charge is 2.35. The van der Waals surface area contributed by atoms with Crippen molar-refractivity contribution in [2.75, 3.05) is 17.5 Å². The van der Waals surface area contributed by atoms with E-state index in [1.807, 2.05) is 82.3 Å². The molecule has 10 heteroatoms. The van der Waals surface area contributed by atoms with Crippen LogP contribution in [-0.4, -0.2) is 50.4 Å². The lowest BCUT2D eigenvalue weighted by molar-refractivity contribution is -0.140. The van der Waals surface area contributed by atoms with E-state index < -0.39 is 28.5 Å². The molecule has 0 fully saturated rings. The number of carbonyl (C=O) groups excluding carboxylic acids is 2. The van der Waals surface area contributed by atoms with Gasteiger partial charge in [0, 0.05) is 23.5 Å². The third kappa shape index (κ3) is 9.68. The molecule has 4 aromatic rings. The number of sulfonamides is 1. The Morgan fingerprint density at radius 3 is 2.15 bits per heavy atom. The van der Waals surface area contributed by atoms with Gasteiger partial charge in [-0.1, -0.05) is 83.0 Å². The number of anilines is 1. The van der Waals surface area contributed by atoms with Crippen LogP contribution in [0.2, 0.25) is 0 Å². The number of hydrogen-bond acceptors (Lipinski definition) is 5. The first-order chi connectivity index (χ1) is 22.5. The number of hydrogen-bond donors (Lipinski definition) is 1. The monoisotopic (exact) mass is 719 g/mol. The highest BCUT2D eigenvalue weighted by atomic mass is 79.9. The molecular weight excluding hydrogens is 678 g/mol. The first kappa shape index (κ1) is 35.7. The van der Waals surface area contributed by atoms with Gasteiger partial charge < -0.3 is 15.0 Å². The summed E-state index contributed by atoms with van der Waals surface area (Å²) >= 11 is 3.37. The minimum atomic E-state index is -4.21. The summed E-state index contributed by atoms with van der Waals surface area (Å²) in [5, 5.41) is 3.06. The van der Waals surface area contributed by atoms with Gasteiger partial charge in [-0.05, 0) is 86.8 Å². The van der Waals surface area contributed by atoms with E-state index in [1.54, 1.807) is 36.4 Å². The van der Waals surface area contributed by atoms with Crippen molar-refractivity contribution in [3.8, 4) is 5.75 Å². The number of benzene rings is 4. The molecule has 47 heavy (non-hydrogen) atoms. The van der Waals surface area contributed by atoms with E-state index in [0.29, 0.717) is 24.5 Å². The van der Waals surface area contributed by atoms with Crippen molar-refractivity contribution in [3.63, 3.8) is 0 Å². The van der Waals surface area contributed by atoms with Crippen molar-refractivity contribution in [1.29, 1.82) is 0 Å². The fourth-order valence-electron chi connectivity index (χ4n) is 5.14. The molecule has 4 aromatic carbocycles. The fraction of sp³-hybridized carbons (Fsp3) is 0.297. The summed E-state index contributed by atoms with van der Waals surface area (Å²) in [5.74, 6) is -0.233. The maximum absolute atomic E-state index is 14.6. The standard InChI is InChI=1S/C37H42BrN3O5S/c1-5-28(4)39-37(43)35(24-29-12-8-7-9-13-29)40(25-30-14-10-11-27(3)23-30)36(42)26-41(32-17-19-33(20-18-32)46-6-2)47(44,45)34-21-15-31(38)16-22-34/h7-23,28,35H,5-6,24-26H2,1-4H3,(H,39,43). The zero-order chi connectivity index (χ0) is 34.0. The predicted octanol–water partition coefficient (Wildman–Crippen LogP) is 6.91. The molecule has 1 N–H and O–H groups in total. The first-order valence-corrected chi connectivity index (χ1v) is 18.0. The molecule has 0 aliphatic rings. The molecule has 0 aromatic heterocycles. The second-order valence-corrected chi connectivity index (χ2v) is 14.2. The normalized spacial score (nSPS) is 12.5. The molecule has 4 rings (SSSR count). The first-order valence-electron chi connectivity index (χ1n) is 15.7. The lowest BCUT2D eigenvalue weighted by Crippen LogP contribution is -2.54. The van der Waals surface area contributed by atoms with Crippen LogP contribution in [0.15, 0.2) is 112 Å². The quantitative estimate of drug-likeness (QED) is 0.144. The Kier molecular flexibility index (Phi) is 12.6. The molecule has 0 radical (unpaired) electrons. The van der Waals surface area contributed by atoms with Crippen LogP contribution >= 0.6 is 15.9 Å². The van der Waals surface area contributed by atoms with Gasteiger partial charge in [-0.3, -0.25) is 13.9 Å². The van der Waals surface area contributed by atoms with E-state index in [9.17, 15) is 18.0 Å². The van der Waals surface area contributed by atoms with Crippen LogP contribution < -0.4 is 14.4 Å². The summed E-state index contributed by atoms with van der Waals surface area (Å²) in [4.78, 5) is 30.1. The third-order valence-corrected chi connectivity index (χ3v) is 10.1. The Morgan fingerprint density at radius 1 is 0.872 bits per heavy atom. The number of amides is 2. The van der Waals surface area contributed by atoms with Gasteiger partial charge in [0.25, 0.3) is 10.0 Å². The third-order valence-electron chi connectivity index (χ3n) is 7.82. The smallest absolute Gasteiger partial charge is 0.264 e. The summed E-state index contributed by atoms with van der Waals surface area (Å²) in [6.07, 6.45) is 0.968. The number of aryl methyl sites for hydroxylation is 1. The molecule has 0 aliphatic carbocycles. The van der Waals surface area contributed by atoms with Crippen LogP contribution in [-0.2, 0) is 32.6 Å². The maximum atomic E-state index is 14.6. The van der Waals surface area contributed by atoms with Crippen LogP contribution in [0.4, 0.5) is 5.69 Å². The van der Waals surface area contributed by atoms with Gasteiger partial charge in [-0.25, -0.2) is 8.42 Å². The molecular formula is C37H42BrN3O5S. The average molecular weight is 721 g/mol. The second kappa shape index (κ2) is 16.6. The number of nitrogens with zero attached hydrogens (tertiary/aromatic N) is 2. The van der Waals surface area contributed by atoms with E-state index in [4.69, 9.17) is 4.74 Å². The van der Waals surface area contributed by atoms with Gasteiger partial charge in [0.05, 0.1) is 17.2 Å². The Labute approximate surface area is 286 Å². The Balaban J connectivity index is 1.81. The largest absolute Gasteiger partial charge is 0.494 e. The lowest BCUT2D eigenvalue weighted by Gasteiger charge is -2.34. The zero-order valence-electron chi connectivity index (χ0n) is 27.2. The van der Waals surface area contributed by atoms with Crippen molar-refractivity contribution in [2.24, 2.45) is 0 Å². The van der Waals surface area contributed by atoms with E-state index >= 15 is 0 Å². The van der Waals surface area contributed by atoms with Gasteiger partial charge in [0.1, 0.15) is 18.3 Å². The number of halogens is 1. The van der Waals surface area contributed by atoms with Crippen molar-refractivity contribution in [3.05, 3.63) is 124 Å². The minimum Gasteiger partial charge on any atom is -0.494 e. The van der Waals surface area contributed by atoms with Crippen molar-refractivity contribution in [2.45, 2.75) is 64.1 Å². The molecule has 0 heterocycles. The summed E-state index contributed by atoms with van der Waals surface area (Å²) in [5.41, 5.74) is 3.01. The van der Waals surface area contributed by atoms with Crippen molar-refractivity contribution < 1.29 is 22.7 Å². The Morgan fingerprint density at radius 2 is 1.53 bits per heavy atom. The molecule has 2 amide bonds. The van der Waals surface area contributed by atoms with E-state index in [1.165, 1.54) is 17.0 Å². The van der Waals surface area contributed by atoms with E-state index in [-0.39, 0.29) is 29.8 Å². The minimum absolute atomic E-state index is 0.0305. The molecule has 8 nitrogen and oxygen atoms in total. The summed E-state index contributed by atoms with van der Waals surface area (Å²) < 4.78 is 35.9. The highest BCUT2D eigenvalue weighted by molar-refractivity contribution is 9.10. The number of rotatable bonds is 15. The predicted molar refractivity (Wildman–Crippen MR) is 190 cm³/mol. The average Bonchev–Trinajstić information content (AvgIpc) is 3.06. The van der Waals surface area contributed by atoms with Gasteiger partial charge >= 0.3 is 0 Å². The molecule has 2 unspecified atom stereocenters. The summed E-state index contributed by atoms with van der Waals surface area (Å²) in [7, 11) is -4.21. The fourth-order valence-corrected chi connectivity index (χ4v) is 6.82. The number of carbonyl (C=O) groups is 2. The second-order valence-electron chi connectivity index (χ2n) is 11.4. The lowest BCUT2D eigenvalue weighted by atomic mass is 10.0. The number of ether oxygens (including phenoxy) is 1. The summed E-state index contributed by atoms with van der Waals surface area (Å²) in [6, 6.07) is 29.1. The number of nitrogens with one attached hydrogen (secondary N) is 1. The van der Waals surface area contributed by atoms with Gasteiger partial charge in [0.2, 0.25) is 11.8 Å². The van der Waals surface area contributed by atoms with Gasteiger partial charge in [-0.2, -0.15) is 0 Å². The van der Waals surface area contributed by atoms with Crippen LogP contribution in [0.25, 0.3) is 0 Å².